The van der Waals surface area contributed by atoms with Gasteiger partial charge in [-0.15, -0.1) is 0 Å². The molecule has 0 aromatic heterocycles. The zero-order valence-corrected chi connectivity index (χ0v) is 11.5. The van der Waals surface area contributed by atoms with Gasteiger partial charge in [0.05, 0.1) is 0 Å². The van der Waals surface area contributed by atoms with Crippen LogP contribution in [0.2, 0.25) is 0 Å². The maximum atomic E-state index is 13.1. The van der Waals surface area contributed by atoms with E-state index in [0.29, 0.717) is 6.04 Å². The van der Waals surface area contributed by atoms with Crippen molar-refractivity contribution < 1.29 is 4.39 Å². The number of benzene rings is 1. The van der Waals surface area contributed by atoms with Crippen LogP contribution in [-0.2, 0) is 6.42 Å². The first kappa shape index (κ1) is 13.7. The summed E-state index contributed by atoms with van der Waals surface area (Å²) >= 11 is 3.30. The molecule has 0 bridgehead atoms. The van der Waals surface area contributed by atoms with Crippen molar-refractivity contribution in [2.75, 3.05) is 6.54 Å². The Kier molecular flexibility index (Phi) is 5.99. The lowest BCUT2D eigenvalue weighted by Gasteiger charge is -2.07. The molecule has 0 spiro atoms. The summed E-state index contributed by atoms with van der Waals surface area (Å²) < 4.78 is 13.9. The molecule has 0 atom stereocenters. The van der Waals surface area contributed by atoms with Gasteiger partial charge in [-0.1, -0.05) is 29.8 Å². The van der Waals surface area contributed by atoms with Crippen molar-refractivity contribution in [1.29, 1.82) is 0 Å². The average molecular weight is 288 g/mol. The minimum Gasteiger partial charge on any atom is -0.315 e. The van der Waals surface area contributed by atoms with E-state index in [1.165, 1.54) is 6.07 Å². The Balaban J connectivity index is 2.26. The molecule has 0 aliphatic carbocycles. The minimum atomic E-state index is -0.162. The van der Waals surface area contributed by atoms with E-state index in [1.807, 2.05) is 6.07 Å². The number of hydrogen-bond acceptors (Lipinski definition) is 1. The number of halogens is 2. The molecule has 16 heavy (non-hydrogen) atoms. The van der Waals surface area contributed by atoms with Crippen molar-refractivity contribution in [3.05, 3.63) is 34.1 Å². The van der Waals surface area contributed by atoms with Crippen LogP contribution in [0.3, 0.4) is 0 Å². The van der Waals surface area contributed by atoms with E-state index >= 15 is 0 Å². The summed E-state index contributed by atoms with van der Waals surface area (Å²) in [4.78, 5) is 0. The largest absolute Gasteiger partial charge is 0.315 e. The molecule has 0 radical (unpaired) electrons. The van der Waals surface area contributed by atoms with E-state index in [-0.39, 0.29) is 5.82 Å². The Bertz CT molecular complexity index is 305. The van der Waals surface area contributed by atoms with Crippen LogP contribution in [0.15, 0.2) is 22.7 Å². The molecule has 0 saturated heterocycles. The maximum absolute atomic E-state index is 13.1. The second kappa shape index (κ2) is 7.02. The van der Waals surface area contributed by atoms with Crippen molar-refractivity contribution in [2.45, 2.75) is 39.2 Å². The molecule has 0 saturated carbocycles. The van der Waals surface area contributed by atoms with Crippen LogP contribution in [0.5, 0.6) is 0 Å². The molecular formula is C13H19BrFN. The van der Waals surface area contributed by atoms with Crippen molar-refractivity contribution in [3.63, 3.8) is 0 Å². The minimum absolute atomic E-state index is 0.162. The van der Waals surface area contributed by atoms with Gasteiger partial charge in [-0.2, -0.15) is 0 Å². The summed E-state index contributed by atoms with van der Waals surface area (Å²) in [6.45, 7) is 5.32. The molecule has 0 amide bonds. The zero-order valence-electron chi connectivity index (χ0n) is 9.89. The first-order chi connectivity index (χ1) is 7.58. The maximum Gasteiger partial charge on any atom is 0.124 e. The number of aryl methyl sites for hydroxylation is 1. The Morgan fingerprint density at radius 3 is 2.62 bits per heavy atom. The fraction of sp³-hybridized carbons (Fsp3) is 0.538. The third-order valence-electron chi connectivity index (χ3n) is 2.37. The molecule has 3 heteroatoms. The number of nitrogens with one attached hydrogen (secondary N) is 1. The topological polar surface area (TPSA) is 12.0 Å². The quantitative estimate of drug-likeness (QED) is 0.783. The van der Waals surface area contributed by atoms with E-state index in [9.17, 15) is 4.39 Å². The lowest BCUT2D eigenvalue weighted by atomic mass is 10.1. The van der Waals surface area contributed by atoms with Crippen molar-refractivity contribution in [1.82, 2.24) is 5.32 Å². The monoisotopic (exact) mass is 287 g/mol. The van der Waals surface area contributed by atoms with Crippen LogP contribution in [0.25, 0.3) is 0 Å². The predicted octanol–water partition coefficient (Wildman–Crippen LogP) is 3.91. The summed E-state index contributed by atoms with van der Waals surface area (Å²) in [5.41, 5.74) is 1.07. The Morgan fingerprint density at radius 1 is 1.25 bits per heavy atom. The summed E-state index contributed by atoms with van der Waals surface area (Å²) in [6, 6.07) is 5.63. The van der Waals surface area contributed by atoms with Gasteiger partial charge in [-0.05, 0) is 49.6 Å². The molecule has 0 unspecified atom stereocenters. The smallest absolute Gasteiger partial charge is 0.124 e. The molecule has 0 heterocycles. The average Bonchev–Trinajstić information content (AvgIpc) is 2.15. The van der Waals surface area contributed by atoms with Crippen molar-refractivity contribution >= 4 is 15.9 Å². The summed E-state index contributed by atoms with van der Waals surface area (Å²) in [5, 5.41) is 3.37. The highest BCUT2D eigenvalue weighted by Crippen LogP contribution is 2.16. The number of unbranched alkanes of at least 4 members (excludes halogenated alkanes) is 1. The lowest BCUT2D eigenvalue weighted by molar-refractivity contribution is 0.557. The molecule has 0 aliphatic rings. The van der Waals surface area contributed by atoms with Crippen LogP contribution >= 0.6 is 15.9 Å². The Hall–Kier alpha value is -0.410. The molecule has 1 rings (SSSR count). The van der Waals surface area contributed by atoms with Gasteiger partial charge in [0.2, 0.25) is 0 Å². The van der Waals surface area contributed by atoms with Gasteiger partial charge in [-0.3, -0.25) is 0 Å². The normalized spacial score (nSPS) is 11.1. The third-order valence-corrected chi connectivity index (χ3v) is 2.82. The van der Waals surface area contributed by atoms with E-state index in [4.69, 9.17) is 0 Å². The SMILES string of the molecule is CC(C)NCCCCc1cc(F)cc(Br)c1. The number of rotatable bonds is 6. The van der Waals surface area contributed by atoms with Gasteiger partial charge < -0.3 is 5.32 Å². The van der Waals surface area contributed by atoms with Gasteiger partial charge in [0.15, 0.2) is 0 Å². The molecule has 1 nitrogen and oxygen atoms in total. The Morgan fingerprint density at radius 2 is 2.00 bits per heavy atom. The highest BCUT2D eigenvalue weighted by molar-refractivity contribution is 9.10. The fourth-order valence-corrected chi connectivity index (χ4v) is 2.11. The molecule has 0 fully saturated rings. The van der Waals surface area contributed by atoms with Crippen LogP contribution in [0.1, 0.15) is 32.3 Å². The second-order valence-corrected chi connectivity index (χ2v) is 5.26. The van der Waals surface area contributed by atoms with Crippen molar-refractivity contribution in [3.8, 4) is 0 Å². The predicted molar refractivity (Wildman–Crippen MR) is 70.2 cm³/mol. The van der Waals surface area contributed by atoms with E-state index < -0.39 is 0 Å². The van der Waals surface area contributed by atoms with Crippen LogP contribution in [-0.4, -0.2) is 12.6 Å². The van der Waals surface area contributed by atoms with E-state index in [0.717, 1.165) is 35.8 Å². The first-order valence-corrected chi connectivity index (χ1v) is 6.55. The van der Waals surface area contributed by atoms with Gasteiger partial charge in [0, 0.05) is 10.5 Å². The standard InChI is InChI=1S/C13H19BrFN/c1-10(2)16-6-4-3-5-11-7-12(14)9-13(15)8-11/h7-10,16H,3-6H2,1-2H3. The second-order valence-electron chi connectivity index (χ2n) is 4.34. The van der Waals surface area contributed by atoms with Gasteiger partial charge >= 0.3 is 0 Å². The molecule has 1 aromatic carbocycles. The molecule has 1 N–H and O–H groups in total. The highest BCUT2D eigenvalue weighted by Gasteiger charge is 1.99. The summed E-state index contributed by atoms with van der Waals surface area (Å²) in [6.07, 6.45) is 3.16. The summed E-state index contributed by atoms with van der Waals surface area (Å²) in [5.74, 6) is -0.162. The Labute approximate surface area is 106 Å². The lowest BCUT2D eigenvalue weighted by Crippen LogP contribution is -2.23. The molecule has 1 aromatic rings. The molecule has 90 valence electrons. The van der Waals surface area contributed by atoms with Gasteiger partial charge in [-0.25, -0.2) is 4.39 Å². The third kappa shape index (κ3) is 5.61. The van der Waals surface area contributed by atoms with Crippen LogP contribution < -0.4 is 5.32 Å². The summed E-state index contributed by atoms with van der Waals surface area (Å²) in [7, 11) is 0. The van der Waals surface area contributed by atoms with Gasteiger partial charge in [0.1, 0.15) is 5.82 Å². The van der Waals surface area contributed by atoms with Crippen LogP contribution in [0, 0.1) is 5.82 Å². The van der Waals surface area contributed by atoms with E-state index in [1.54, 1.807) is 6.07 Å². The fourth-order valence-electron chi connectivity index (χ4n) is 1.60. The van der Waals surface area contributed by atoms with E-state index in [2.05, 4.69) is 35.1 Å². The molecule has 0 aliphatic heterocycles. The highest BCUT2D eigenvalue weighted by atomic mass is 79.9. The number of hydrogen-bond donors (Lipinski definition) is 1. The zero-order chi connectivity index (χ0) is 12.0. The van der Waals surface area contributed by atoms with Crippen LogP contribution in [0.4, 0.5) is 4.39 Å². The van der Waals surface area contributed by atoms with Gasteiger partial charge in [0.25, 0.3) is 0 Å². The van der Waals surface area contributed by atoms with Crippen molar-refractivity contribution in [2.24, 2.45) is 0 Å². The molecular weight excluding hydrogens is 269 g/mol. The first-order valence-electron chi connectivity index (χ1n) is 5.76.